The van der Waals surface area contributed by atoms with E-state index in [-0.39, 0.29) is 11.6 Å². The summed E-state index contributed by atoms with van der Waals surface area (Å²) in [6.45, 7) is 0. The van der Waals surface area contributed by atoms with Gasteiger partial charge in [0.2, 0.25) is 5.88 Å². The number of hydrogen-bond acceptors (Lipinski definition) is 6. The molecule has 0 aliphatic carbocycles. The zero-order chi connectivity index (χ0) is 18.7. The third-order valence-corrected chi connectivity index (χ3v) is 2.98. The van der Waals surface area contributed by atoms with Crippen molar-refractivity contribution in [2.75, 3.05) is 0 Å². The second-order valence-electron chi connectivity index (χ2n) is 4.58. The van der Waals surface area contributed by atoms with Crippen molar-refractivity contribution in [3.63, 3.8) is 0 Å². The predicted octanol–water partition coefficient (Wildman–Crippen LogP) is 1.67. The topological polar surface area (TPSA) is 171 Å². The predicted molar refractivity (Wildman–Crippen MR) is 78.6 cm³/mol. The van der Waals surface area contributed by atoms with Crippen LogP contribution in [0.3, 0.4) is 0 Å². The average molecular weight is 347 g/mol. The fourth-order valence-corrected chi connectivity index (χ4v) is 1.90. The Morgan fingerprint density at radius 1 is 0.720 bits per heavy atom. The lowest BCUT2D eigenvalue weighted by Crippen LogP contribution is -2.11. The van der Waals surface area contributed by atoms with E-state index in [1.165, 1.54) is 0 Å². The smallest absolute Gasteiger partial charge is 0.355 e. The first-order valence-corrected chi connectivity index (χ1v) is 6.47. The molecule has 0 unspecified atom stereocenters. The molecule has 10 nitrogen and oxygen atoms in total. The van der Waals surface area contributed by atoms with Crippen LogP contribution in [0, 0.1) is 0 Å². The van der Waals surface area contributed by atoms with Crippen LogP contribution in [0.15, 0.2) is 30.3 Å². The quantitative estimate of drug-likeness (QED) is 0.602. The van der Waals surface area contributed by atoms with Gasteiger partial charge in [0.05, 0.1) is 16.7 Å². The van der Waals surface area contributed by atoms with Gasteiger partial charge in [0.1, 0.15) is 5.75 Å². The Hall–Kier alpha value is -3.95. The van der Waals surface area contributed by atoms with E-state index in [1.807, 2.05) is 0 Å². The normalized spacial score (nSPS) is 10.1. The number of nitrogens with zero attached hydrogens (tertiary/aromatic N) is 1. The largest absolute Gasteiger partial charge is 0.478 e. The SMILES string of the molecule is O=C(O)c1ccc(Oc2ccc(C(=O)O)c(C(=O)O)n2)cc1C(=O)O. The highest BCUT2D eigenvalue weighted by Crippen LogP contribution is 2.24. The minimum absolute atomic E-state index is 0.116. The maximum atomic E-state index is 11.1. The average Bonchev–Trinajstić information content (AvgIpc) is 2.54. The summed E-state index contributed by atoms with van der Waals surface area (Å²) in [4.78, 5) is 47.7. The number of benzene rings is 1. The molecule has 10 heteroatoms. The molecule has 0 amide bonds. The fourth-order valence-electron chi connectivity index (χ4n) is 1.90. The maximum Gasteiger partial charge on any atom is 0.355 e. The summed E-state index contributed by atoms with van der Waals surface area (Å²) in [5.41, 5.74) is -2.30. The molecule has 128 valence electrons. The number of ether oxygens (including phenoxy) is 1. The third kappa shape index (κ3) is 3.69. The Morgan fingerprint density at radius 3 is 1.80 bits per heavy atom. The first-order chi connectivity index (χ1) is 11.7. The van der Waals surface area contributed by atoms with E-state index in [0.717, 1.165) is 30.3 Å². The number of aromatic carboxylic acids is 4. The number of aromatic nitrogens is 1. The summed E-state index contributed by atoms with van der Waals surface area (Å²) >= 11 is 0. The van der Waals surface area contributed by atoms with Crippen molar-refractivity contribution in [2.24, 2.45) is 0 Å². The molecule has 0 aliphatic heterocycles. The van der Waals surface area contributed by atoms with Crippen LogP contribution < -0.4 is 4.74 Å². The second-order valence-corrected chi connectivity index (χ2v) is 4.58. The van der Waals surface area contributed by atoms with Gasteiger partial charge in [-0.2, -0.15) is 0 Å². The summed E-state index contributed by atoms with van der Waals surface area (Å²) in [7, 11) is 0. The number of rotatable bonds is 6. The van der Waals surface area contributed by atoms with Crippen molar-refractivity contribution in [1.82, 2.24) is 4.98 Å². The monoisotopic (exact) mass is 347 g/mol. The Balaban J connectivity index is 2.43. The van der Waals surface area contributed by atoms with Crippen LogP contribution in [-0.4, -0.2) is 49.3 Å². The summed E-state index contributed by atoms with van der Waals surface area (Å²) in [6.07, 6.45) is 0. The van der Waals surface area contributed by atoms with Crippen LogP contribution in [0.4, 0.5) is 0 Å². The van der Waals surface area contributed by atoms with Crippen molar-refractivity contribution in [3.8, 4) is 11.6 Å². The first-order valence-electron chi connectivity index (χ1n) is 6.47. The van der Waals surface area contributed by atoms with E-state index < -0.39 is 46.3 Å². The van der Waals surface area contributed by atoms with Gasteiger partial charge in [-0.25, -0.2) is 24.2 Å². The molecule has 1 aromatic carbocycles. The van der Waals surface area contributed by atoms with Crippen molar-refractivity contribution < 1.29 is 44.3 Å². The molecule has 0 saturated heterocycles. The molecular weight excluding hydrogens is 338 g/mol. The van der Waals surface area contributed by atoms with Crippen LogP contribution in [0.1, 0.15) is 41.6 Å². The summed E-state index contributed by atoms with van der Waals surface area (Å²) in [6, 6.07) is 5.15. The van der Waals surface area contributed by atoms with Gasteiger partial charge in [0.15, 0.2) is 5.69 Å². The number of carboxylic acid groups (broad SMARTS) is 4. The summed E-state index contributed by atoms with van der Waals surface area (Å²) in [5.74, 6) is -6.44. The summed E-state index contributed by atoms with van der Waals surface area (Å²) < 4.78 is 5.21. The Kier molecular flexibility index (Phi) is 4.64. The van der Waals surface area contributed by atoms with Gasteiger partial charge in [-0.1, -0.05) is 0 Å². The number of carboxylic acids is 4. The minimum atomic E-state index is -1.59. The molecule has 2 rings (SSSR count). The van der Waals surface area contributed by atoms with E-state index in [2.05, 4.69) is 4.98 Å². The molecule has 0 bridgehead atoms. The third-order valence-electron chi connectivity index (χ3n) is 2.98. The highest BCUT2D eigenvalue weighted by molar-refractivity contribution is 6.02. The molecule has 4 N–H and O–H groups in total. The lowest BCUT2D eigenvalue weighted by Gasteiger charge is -2.09. The van der Waals surface area contributed by atoms with E-state index in [1.54, 1.807) is 0 Å². The van der Waals surface area contributed by atoms with Gasteiger partial charge in [0, 0.05) is 6.07 Å². The molecule has 2 aromatic rings. The fraction of sp³-hybridized carbons (Fsp3) is 0. The number of carbonyl (C=O) groups is 4. The van der Waals surface area contributed by atoms with Gasteiger partial charge >= 0.3 is 23.9 Å². The van der Waals surface area contributed by atoms with Crippen LogP contribution in [0.2, 0.25) is 0 Å². The molecule has 0 radical (unpaired) electrons. The number of pyridine rings is 1. The molecule has 1 heterocycles. The Labute approximate surface area is 138 Å². The molecule has 0 saturated carbocycles. The zero-order valence-electron chi connectivity index (χ0n) is 12.2. The van der Waals surface area contributed by atoms with Gasteiger partial charge in [0.25, 0.3) is 0 Å². The molecule has 0 fully saturated rings. The standard InChI is InChI=1S/C15H9NO9/c17-12(18)7-2-1-6(5-9(7)14(21)22)25-10-4-3-8(13(19)20)11(16-10)15(23)24/h1-5H,(H,17,18)(H,19,20)(H,21,22)(H,23,24). The van der Waals surface area contributed by atoms with E-state index in [4.69, 9.17) is 25.2 Å². The molecule has 1 aromatic heterocycles. The van der Waals surface area contributed by atoms with Crippen molar-refractivity contribution >= 4 is 23.9 Å². The van der Waals surface area contributed by atoms with Crippen molar-refractivity contribution in [3.05, 3.63) is 52.7 Å². The lowest BCUT2D eigenvalue weighted by atomic mass is 10.1. The van der Waals surface area contributed by atoms with E-state index in [0.29, 0.717) is 0 Å². The zero-order valence-corrected chi connectivity index (χ0v) is 12.2. The van der Waals surface area contributed by atoms with Gasteiger partial charge < -0.3 is 25.2 Å². The summed E-state index contributed by atoms with van der Waals surface area (Å²) in [5, 5.41) is 35.9. The van der Waals surface area contributed by atoms with E-state index in [9.17, 15) is 19.2 Å². The van der Waals surface area contributed by atoms with Gasteiger partial charge in [-0.05, 0) is 24.3 Å². The highest BCUT2D eigenvalue weighted by atomic mass is 16.5. The van der Waals surface area contributed by atoms with Crippen LogP contribution in [0.5, 0.6) is 11.6 Å². The van der Waals surface area contributed by atoms with E-state index >= 15 is 0 Å². The van der Waals surface area contributed by atoms with Crippen molar-refractivity contribution in [2.45, 2.75) is 0 Å². The Bertz CT molecular complexity index is 830. The van der Waals surface area contributed by atoms with Gasteiger partial charge in [-0.3, -0.25) is 0 Å². The molecule has 0 spiro atoms. The van der Waals surface area contributed by atoms with Crippen LogP contribution in [-0.2, 0) is 0 Å². The second kappa shape index (κ2) is 6.66. The maximum absolute atomic E-state index is 11.1. The molecule has 0 aliphatic rings. The highest BCUT2D eigenvalue weighted by Gasteiger charge is 2.20. The lowest BCUT2D eigenvalue weighted by molar-refractivity contribution is 0.0645. The minimum Gasteiger partial charge on any atom is -0.478 e. The first kappa shape index (κ1) is 17.4. The number of hydrogen-bond donors (Lipinski definition) is 4. The van der Waals surface area contributed by atoms with Crippen molar-refractivity contribution in [1.29, 1.82) is 0 Å². The van der Waals surface area contributed by atoms with Crippen LogP contribution in [0.25, 0.3) is 0 Å². The molecule has 25 heavy (non-hydrogen) atoms. The molecule has 0 atom stereocenters. The molecular formula is C15H9NO9. The van der Waals surface area contributed by atoms with Crippen LogP contribution >= 0.6 is 0 Å². The Morgan fingerprint density at radius 2 is 1.28 bits per heavy atom. The van der Waals surface area contributed by atoms with Gasteiger partial charge in [-0.15, -0.1) is 0 Å².